The highest BCUT2D eigenvalue weighted by Crippen LogP contribution is 2.12. The van der Waals surface area contributed by atoms with Crippen molar-refractivity contribution in [1.29, 1.82) is 0 Å². The number of carbonyl (C=O) groups is 5. The highest BCUT2D eigenvalue weighted by atomic mass is 16.2. The van der Waals surface area contributed by atoms with Gasteiger partial charge >= 0.3 is 0 Å². The van der Waals surface area contributed by atoms with E-state index in [2.05, 4.69) is 21.0 Å². The zero-order valence-electron chi connectivity index (χ0n) is 26.1. The maximum atomic E-state index is 13.5. The normalized spacial score (nSPS) is 21.1. The zero-order chi connectivity index (χ0) is 31.7. The molecule has 12 nitrogen and oxygen atoms in total. The molecule has 1 aliphatic rings. The molecule has 0 aliphatic carbocycles. The molecule has 0 spiro atoms. The lowest BCUT2D eigenvalue weighted by molar-refractivity contribution is -0.142. The first-order chi connectivity index (χ1) is 20.3. The first-order valence-corrected chi connectivity index (χ1v) is 14.8. The number of aryl methyl sites for hydroxylation is 3. The van der Waals surface area contributed by atoms with Gasteiger partial charge in [0.15, 0.2) is 0 Å². The summed E-state index contributed by atoms with van der Waals surface area (Å²) in [5.41, 5.74) is 2.62. The molecular formula is C31H45N7O5. The van der Waals surface area contributed by atoms with Crippen LogP contribution in [0.3, 0.4) is 0 Å². The summed E-state index contributed by atoms with van der Waals surface area (Å²) in [6.45, 7) is 9.44. The molecule has 1 aromatic carbocycles. The van der Waals surface area contributed by atoms with E-state index in [0.29, 0.717) is 13.0 Å². The predicted octanol–water partition coefficient (Wildman–Crippen LogP) is 0.954. The standard InChI is InChI=1S/C31H45N7O5/c1-20(2)16-26-31(43)36(6)23(5)29(41)34-25(18-24-10-8-7-9-11-24)30(42)32-13-15-37(19-27(39)33-26)28(40)12-14-38-22(4)17-21(3)35-38/h7-11,17,20,23,25-26H,12-16,18-19H2,1-6H3,(H,32,42)(H,33,39)(H,34,41)/t23-,25-,26-/m0/s1. The lowest BCUT2D eigenvalue weighted by Gasteiger charge is -2.30. The Morgan fingerprint density at radius 3 is 2.35 bits per heavy atom. The van der Waals surface area contributed by atoms with Crippen LogP contribution in [-0.2, 0) is 36.9 Å². The van der Waals surface area contributed by atoms with Gasteiger partial charge in [-0.15, -0.1) is 0 Å². The SMILES string of the molecule is Cc1cc(C)n(CCC(=O)N2CCNC(=O)[C@H](Cc3ccccc3)NC(=O)[C@H](C)N(C)C(=O)[C@H](CC(C)C)NC(=O)C2)n1. The van der Waals surface area contributed by atoms with Crippen LogP contribution in [0.5, 0.6) is 0 Å². The lowest BCUT2D eigenvalue weighted by atomic mass is 10.0. The number of hydrogen-bond acceptors (Lipinski definition) is 6. The monoisotopic (exact) mass is 595 g/mol. The van der Waals surface area contributed by atoms with E-state index < -0.39 is 41.8 Å². The summed E-state index contributed by atoms with van der Waals surface area (Å²) in [5, 5.41) is 12.8. The van der Waals surface area contributed by atoms with Crippen LogP contribution in [-0.4, -0.2) is 93.9 Å². The summed E-state index contributed by atoms with van der Waals surface area (Å²) in [6.07, 6.45) is 0.695. The summed E-state index contributed by atoms with van der Waals surface area (Å²) < 4.78 is 1.74. The Hall–Kier alpha value is -4.22. The molecule has 2 heterocycles. The number of amides is 5. The van der Waals surface area contributed by atoms with E-state index in [9.17, 15) is 24.0 Å². The van der Waals surface area contributed by atoms with Crippen molar-refractivity contribution in [2.24, 2.45) is 5.92 Å². The van der Waals surface area contributed by atoms with Crippen LogP contribution in [0, 0.1) is 19.8 Å². The number of likely N-dealkylation sites (N-methyl/N-ethyl adjacent to an activating group) is 1. The van der Waals surface area contributed by atoms with E-state index in [0.717, 1.165) is 17.0 Å². The summed E-state index contributed by atoms with van der Waals surface area (Å²) in [6, 6.07) is 8.53. The van der Waals surface area contributed by atoms with Crippen LogP contribution < -0.4 is 16.0 Å². The molecule has 1 aliphatic heterocycles. The molecule has 1 aromatic heterocycles. The molecular weight excluding hydrogens is 550 g/mol. The number of nitrogens with one attached hydrogen (secondary N) is 3. The van der Waals surface area contributed by atoms with Gasteiger partial charge in [0.25, 0.3) is 0 Å². The van der Waals surface area contributed by atoms with Gasteiger partial charge in [-0.2, -0.15) is 5.10 Å². The maximum absolute atomic E-state index is 13.5. The fourth-order valence-corrected chi connectivity index (χ4v) is 5.06. The van der Waals surface area contributed by atoms with Crippen LogP contribution in [0.15, 0.2) is 36.4 Å². The fourth-order valence-electron chi connectivity index (χ4n) is 5.06. The highest BCUT2D eigenvalue weighted by molar-refractivity contribution is 5.94. The van der Waals surface area contributed by atoms with E-state index >= 15 is 0 Å². The molecule has 3 atom stereocenters. The Bertz CT molecular complexity index is 1290. The van der Waals surface area contributed by atoms with E-state index in [1.54, 1.807) is 11.6 Å². The second-order valence-electron chi connectivity index (χ2n) is 11.6. The molecule has 3 N–H and O–H groups in total. The molecule has 43 heavy (non-hydrogen) atoms. The minimum Gasteiger partial charge on any atom is -0.353 e. The average molecular weight is 596 g/mol. The number of hydrogen-bond donors (Lipinski definition) is 3. The molecule has 1 fully saturated rings. The van der Waals surface area contributed by atoms with Crippen LogP contribution in [0.4, 0.5) is 0 Å². The Morgan fingerprint density at radius 2 is 1.72 bits per heavy atom. The molecule has 0 unspecified atom stereocenters. The van der Waals surface area contributed by atoms with E-state index in [1.165, 1.54) is 16.8 Å². The molecule has 0 radical (unpaired) electrons. The van der Waals surface area contributed by atoms with Crippen molar-refractivity contribution in [3.05, 3.63) is 53.3 Å². The van der Waals surface area contributed by atoms with Gasteiger partial charge in [0.2, 0.25) is 29.5 Å². The second-order valence-corrected chi connectivity index (χ2v) is 11.6. The molecule has 0 saturated carbocycles. The van der Waals surface area contributed by atoms with Crippen molar-refractivity contribution in [3.8, 4) is 0 Å². The van der Waals surface area contributed by atoms with Crippen LogP contribution in [0.1, 0.15) is 50.6 Å². The van der Waals surface area contributed by atoms with Crippen LogP contribution in [0.2, 0.25) is 0 Å². The largest absolute Gasteiger partial charge is 0.353 e. The van der Waals surface area contributed by atoms with Gasteiger partial charge in [-0.25, -0.2) is 0 Å². The van der Waals surface area contributed by atoms with Crippen molar-refractivity contribution < 1.29 is 24.0 Å². The summed E-state index contributed by atoms with van der Waals surface area (Å²) in [7, 11) is 1.51. The number of rotatable bonds is 7. The molecule has 1 saturated heterocycles. The Labute approximate surface area is 253 Å². The number of benzene rings is 1. The van der Waals surface area contributed by atoms with Gasteiger partial charge in [-0.05, 0) is 44.7 Å². The van der Waals surface area contributed by atoms with Crippen molar-refractivity contribution >= 4 is 29.5 Å². The average Bonchev–Trinajstić information content (AvgIpc) is 3.29. The zero-order valence-corrected chi connectivity index (χ0v) is 26.1. The van der Waals surface area contributed by atoms with E-state index in [-0.39, 0.29) is 44.3 Å². The number of nitrogens with zero attached hydrogens (tertiary/aromatic N) is 4. The Kier molecular flexibility index (Phi) is 11.8. The number of aromatic nitrogens is 2. The van der Waals surface area contributed by atoms with Gasteiger partial charge in [-0.1, -0.05) is 44.2 Å². The third kappa shape index (κ3) is 9.65. The molecule has 234 valence electrons. The van der Waals surface area contributed by atoms with Crippen LogP contribution >= 0.6 is 0 Å². The van der Waals surface area contributed by atoms with Gasteiger partial charge in [0.1, 0.15) is 18.1 Å². The Balaban J connectivity index is 1.87. The second kappa shape index (κ2) is 15.3. The van der Waals surface area contributed by atoms with Crippen LogP contribution in [0.25, 0.3) is 0 Å². The van der Waals surface area contributed by atoms with Crippen molar-refractivity contribution in [2.45, 2.75) is 78.6 Å². The lowest BCUT2D eigenvalue weighted by Crippen LogP contribution is -2.57. The van der Waals surface area contributed by atoms with Crippen molar-refractivity contribution in [1.82, 2.24) is 35.5 Å². The first-order valence-electron chi connectivity index (χ1n) is 14.8. The molecule has 0 bridgehead atoms. The molecule has 2 aromatic rings. The minimum atomic E-state index is -0.910. The Morgan fingerprint density at radius 1 is 1.02 bits per heavy atom. The third-order valence-corrected chi connectivity index (χ3v) is 7.57. The van der Waals surface area contributed by atoms with Gasteiger partial charge in [0, 0.05) is 45.2 Å². The summed E-state index contributed by atoms with van der Waals surface area (Å²) in [5.74, 6) is -2.04. The van der Waals surface area contributed by atoms with E-state index in [4.69, 9.17) is 0 Å². The van der Waals surface area contributed by atoms with Gasteiger partial charge in [0.05, 0.1) is 12.2 Å². The summed E-state index contributed by atoms with van der Waals surface area (Å²) in [4.78, 5) is 69.3. The number of carbonyl (C=O) groups excluding carboxylic acids is 5. The van der Waals surface area contributed by atoms with Gasteiger partial charge < -0.3 is 25.8 Å². The van der Waals surface area contributed by atoms with Crippen molar-refractivity contribution in [2.75, 3.05) is 26.7 Å². The van der Waals surface area contributed by atoms with E-state index in [1.807, 2.05) is 64.1 Å². The fraction of sp³-hybridized carbons (Fsp3) is 0.548. The molecule has 3 rings (SSSR count). The first kappa shape index (κ1) is 33.3. The smallest absolute Gasteiger partial charge is 0.245 e. The van der Waals surface area contributed by atoms with Crippen molar-refractivity contribution in [3.63, 3.8) is 0 Å². The predicted molar refractivity (Wildman–Crippen MR) is 162 cm³/mol. The third-order valence-electron chi connectivity index (χ3n) is 7.57. The van der Waals surface area contributed by atoms with Gasteiger partial charge in [-0.3, -0.25) is 28.7 Å². The minimum absolute atomic E-state index is 0.0697. The summed E-state index contributed by atoms with van der Waals surface area (Å²) >= 11 is 0. The quantitative estimate of drug-likeness (QED) is 0.435. The topological polar surface area (TPSA) is 146 Å². The molecule has 12 heteroatoms. The maximum Gasteiger partial charge on any atom is 0.245 e. The molecule has 5 amide bonds. The highest BCUT2D eigenvalue weighted by Gasteiger charge is 2.33.